The van der Waals surface area contributed by atoms with Crippen LogP contribution in [0.25, 0.3) is 20.2 Å². The Hall–Kier alpha value is -5.10. The molecule has 0 atom stereocenters. The summed E-state index contributed by atoms with van der Waals surface area (Å²) in [5.74, 6) is -4.17. The summed E-state index contributed by atoms with van der Waals surface area (Å²) in [6, 6.07) is 11.8. The Labute approximate surface area is 262 Å². The number of hydrogen-bond donors (Lipinski definition) is 0. The molecule has 0 spiro atoms. The van der Waals surface area contributed by atoms with Gasteiger partial charge in [-0.25, -0.2) is 14.4 Å². The molecule has 0 N–H and O–H groups in total. The Balaban J connectivity index is 1.79. The van der Waals surface area contributed by atoms with Crippen LogP contribution in [0.5, 0.6) is 5.75 Å². The topological polar surface area (TPSA) is 149 Å². The van der Waals surface area contributed by atoms with Gasteiger partial charge in [-0.2, -0.15) is 0 Å². The minimum atomic E-state index is -1.99. The zero-order valence-corrected chi connectivity index (χ0v) is 25.9. The van der Waals surface area contributed by atoms with Crippen LogP contribution in [0.4, 0.5) is 0 Å². The third kappa shape index (κ3) is 9.19. The van der Waals surface area contributed by atoms with Gasteiger partial charge in [-0.05, 0) is 45.0 Å². The van der Waals surface area contributed by atoms with Gasteiger partial charge >= 0.3 is 29.8 Å². The van der Waals surface area contributed by atoms with E-state index in [2.05, 4.69) is 19.7 Å². The first-order chi connectivity index (χ1) is 21.2. The lowest BCUT2D eigenvalue weighted by atomic mass is 10.1. The van der Waals surface area contributed by atoms with E-state index in [1.165, 1.54) is 38.2 Å². The molecule has 0 amide bonds. The zero-order chi connectivity index (χ0) is 33.3. The Bertz CT molecular complexity index is 1690. The molecule has 11 nitrogen and oxygen atoms in total. The SMILES string of the molecule is C=C(C)C(=O)OCC(COC(=O)C(=C)C)(COC(=O)C(=C)C)OC(=O)CCC(=O)Oc1cccc2c(=O)c3ccccc3sc12. The quantitative estimate of drug-likeness (QED) is 0.0794. The van der Waals surface area contributed by atoms with Gasteiger partial charge in [0.05, 0.1) is 17.5 Å². The maximum Gasteiger partial charge on any atom is 0.333 e. The van der Waals surface area contributed by atoms with Gasteiger partial charge in [0.25, 0.3) is 0 Å². The van der Waals surface area contributed by atoms with Gasteiger partial charge in [0.15, 0.2) is 5.43 Å². The summed E-state index contributed by atoms with van der Waals surface area (Å²) < 4.78 is 27.8. The van der Waals surface area contributed by atoms with Gasteiger partial charge in [0.2, 0.25) is 5.60 Å². The van der Waals surface area contributed by atoms with E-state index >= 15 is 0 Å². The molecule has 45 heavy (non-hydrogen) atoms. The number of ether oxygens (including phenoxy) is 5. The fourth-order valence-electron chi connectivity index (χ4n) is 3.72. The molecule has 3 rings (SSSR count). The zero-order valence-electron chi connectivity index (χ0n) is 25.1. The molecule has 0 unspecified atom stereocenters. The summed E-state index contributed by atoms with van der Waals surface area (Å²) in [7, 11) is 0. The van der Waals surface area contributed by atoms with Crippen LogP contribution < -0.4 is 10.2 Å². The standard InChI is InChI=1S/C33H32O11S/c1-19(2)30(37)40-16-33(17-41-31(38)20(3)4,18-42-32(39)21(5)6)44-27(35)15-14-26(34)43-24-12-9-11-23-28(36)22-10-7-8-13-25(22)45-29(23)24/h7-13H,1,3,5,14-18H2,2,4,6H3. The van der Waals surface area contributed by atoms with E-state index < -0.39 is 68.1 Å². The van der Waals surface area contributed by atoms with Crippen LogP contribution in [0.3, 0.4) is 0 Å². The van der Waals surface area contributed by atoms with Crippen molar-refractivity contribution in [1.29, 1.82) is 0 Å². The molecule has 3 aromatic rings. The third-order valence-electron chi connectivity index (χ3n) is 6.10. The molecule has 2 aromatic carbocycles. The van der Waals surface area contributed by atoms with Gasteiger partial charge in [-0.1, -0.05) is 37.9 Å². The van der Waals surface area contributed by atoms with Gasteiger partial charge < -0.3 is 23.7 Å². The fourth-order valence-corrected chi connectivity index (χ4v) is 4.84. The van der Waals surface area contributed by atoms with Crippen molar-refractivity contribution in [1.82, 2.24) is 0 Å². The number of rotatable bonds is 14. The molecule has 0 saturated heterocycles. The molecule has 1 heterocycles. The summed E-state index contributed by atoms with van der Waals surface area (Å²) in [4.78, 5) is 75.3. The molecule has 0 bridgehead atoms. The minimum Gasteiger partial charge on any atom is -0.458 e. The van der Waals surface area contributed by atoms with Crippen molar-refractivity contribution in [2.75, 3.05) is 19.8 Å². The minimum absolute atomic E-state index is 0.0299. The predicted octanol–water partition coefficient (Wildman–Crippen LogP) is 4.74. The van der Waals surface area contributed by atoms with Crippen molar-refractivity contribution < 1.29 is 47.7 Å². The second-order valence-corrected chi connectivity index (χ2v) is 11.3. The lowest BCUT2D eigenvalue weighted by Gasteiger charge is -2.32. The number of fused-ring (bicyclic) bond motifs is 2. The number of carbonyl (C=O) groups excluding carboxylic acids is 5. The number of hydrogen-bond acceptors (Lipinski definition) is 12. The molecule has 0 radical (unpaired) electrons. The third-order valence-corrected chi connectivity index (χ3v) is 7.30. The first kappa shape index (κ1) is 34.4. The molecule has 0 aliphatic rings. The van der Waals surface area contributed by atoms with E-state index in [0.29, 0.717) is 20.2 Å². The van der Waals surface area contributed by atoms with Gasteiger partial charge in [0, 0.05) is 32.2 Å². The Morgan fingerprint density at radius 2 is 1.18 bits per heavy atom. The van der Waals surface area contributed by atoms with Crippen LogP contribution in [-0.2, 0) is 42.9 Å². The van der Waals surface area contributed by atoms with Crippen molar-refractivity contribution in [3.05, 3.63) is 89.1 Å². The highest BCUT2D eigenvalue weighted by atomic mass is 32.1. The van der Waals surface area contributed by atoms with E-state index in [-0.39, 0.29) is 27.9 Å². The van der Waals surface area contributed by atoms with Crippen LogP contribution >= 0.6 is 11.3 Å². The maximum atomic E-state index is 13.0. The molecule has 0 saturated carbocycles. The first-order valence-corrected chi connectivity index (χ1v) is 14.4. The maximum absolute atomic E-state index is 13.0. The normalized spacial score (nSPS) is 10.9. The number of esters is 5. The van der Waals surface area contributed by atoms with Crippen LogP contribution in [-0.4, -0.2) is 55.3 Å². The summed E-state index contributed by atoms with van der Waals surface area (Å²) in [6.07, 6.45) is -0.960. The van der Waals surface area contributed by atoms with E-state index in [1.54, 1.807) is 36.4 Å². The second kappa shape index (κ2) is 15.1. The summed E-state index contributed by atoms with van der Waals surface area (Å²) in [5, 5.41) is 0.924. The number of benzene rings is 2. The highest BCUT2D eigenvalue weighted by Crippen LogP contribution is 2.32. The van der Waals surface area contributed by atoms with Crippen molar-refractivity contribution in [2.45, 2.75) is 39.2 Å². The van der Waals surface area contributed by atoms with Crippen LogP contribution in [0.2, 0.25) is 0 Å². The van der Waals surface area contributed by atoms with Crippen molar-refractivity contribution in [3.8, 4) is 5.75 Å². The van der Waals surface area contributed by atoms with E-state index in [0.717, 1.165) is 0 Å². The molecular weight excluding hydrogens is 604 g/mol. The average molecular weight is 637 g/mol. The lowest BCUT2D eigenvalue weighted by molar-refractivity contribution is -0.193. The molecule has 0 aliphatic carbocycles. The lowest BCUT2D eigenvalue weighted by Crippen LogP contribution is -2.50. The first-order valence-electron chi connectivity index (χ1n) is 13.6. The average Bonchev–Trinajstić information content (AvgIpc) is 3.00. The molecule has 236 valence electrons. The molecule has 12 heteroatoms. The predicted molar refractivity (Wildman–Crippen MR) is 167 cm³/mol. The van der Waals surface area contributed by atoms with E-state index in [4.69, 9.17) is 23.7 Å². The van der Waals surface area contributed by atoms with Crippen LogP contribution in [0.15, 0.2) is 83.7 Å². The van der Waals surface area contributed by atoms with Crippen LogP contribution in [0, 0.1) is 0 Å². The van der Waals surface area contributed by atoms with Crippen molar-refractivity contribution in [3.63, 3.8) is 0 Å². The fraction of sp³-hybridized carbons (Fsp3) is 0.273. The van der Waals surface area contributed by atoms with Gasteiger partial charge in [-0.3, -0.25) is 14.4 Å². The highest BCUT2D eigenvalue weighted by Gasteiger charge is 2.40. The Kier molecular flexibility index (Phi) is 11.5. The summed E-state index contributed by atoms with van der Waals surface area (Å²) in [6.45, 7) is 12.6. The number of carbonyl (C=O) groups is 5. The second-order valence-electron chi connectivity index (χ2n) is 10.3. The highest BCUT2D eigenvalue weighted by molar-refractivity contribution is 7.24. The Morgan fingerprint density at radius 1 is 0.689 bits per heavy atom. The Morgan fingerprint density at radius 3 is 1.71 bits per heavy atom. The molecular formula is C33H32O11S. The van der Waals surface area contributed by atoms with Gasteiger partial charge in [-0.15, -0.1) is 11.3 Å². The summed E-state index contributed by atoms with van der Waals surface area (Å²) >= 11 is 1.28. The molecule has 1 aromatic heterocycles. The monoisotopic (exact) mass is 636 g/mol. The molecule has 0 fully saturated rings. The van der Waals surface area contributed by atoms with Crippen molar-refractivity contribution in [2.24, 2.45) is 0 Å². The molecule has 0 aliphatic heterocycles. The van der Waals surface area contributed by atoms with Gasteiger partial charge in [0.1, 0.15) is 25.6 Å². The smallest absolute Gasteiger partial charge is 0.333 e. The van der Waals surface area contributed by atoms with Crippen molar-refractivity contribution >= 4 is 61.4 Å². The van der Waals surface area contributed by atoms with E-state index in [9.17, 15) is 28.8 Å². The largest absolute Gasteiger partial charge is 0.458 e. The van der Waals surface area contributed by atoms with Crippen LogP contribution in [0.1, 0.15) is 33.6 Å². The summed E-state index contributed by atoms with van der Waals surface area (Å²) in [5.41, 5.74) is -2.11. The van der Waals surface area contributed by atoms with E-state index in [1.807, 2.05) is 0 Å².